The molecule has 2 N–H and O–H groups in total. The molecule has 1 aromatic carbocycles. The Labute approximate surface area is 141 Å². The van der Waals surface area contributed by atoms with E-state index in [1.165, 1.54) is 0 Å². The second-order valence-electron chi connectivity index (χ2n) is 6.15. The molecule has 0 heterocycles. The van der Waals surface area contributed by atoms with Crippen molar-refractivity contribution in [3.05, 3.63) is 29.8 Å². The molecule has 0 radical (unpaired) electrons. The molecule has 0 unspecified atom stereocenters. The smallest absolute Gasteiger partial charge is 0.329 e. The largest absolute Gasteiger partial charge is 0.497 e. The van der Waals surface area contributed by atoms with Crippen LogP contribution >= 0.6 is 0 Å². The Balaban J connectivity index is 1.89. The monoisotopic (exact) mass is 333 g/mol. The lowest BCUT2D eigenvalue weighted by atomic mass is 9.81. The van der Waals surface area contributed by atoms with Crippen molar-refractivity contribution >= 4 is 17.7 Å². The number of nitrogens with one attached hydrogen (secondary N) is 1. The number of Topliss-reactive ketones (excluding diaryl/α,β-unsaturated/α-hetero) is 1. The van der Waals surface area contributed by atoms with Crippen LogP contribution in [0.4, 0.5) is 0 Å². The Morgan fingerprint density at radius 3 is 2.25 bits per heavy atom. The van der Waals surface area contributed by atoms with Gasteiger partial charge < -0.3 is 15.2 Å². The van der Waals surface area contributed by atoms with Gasteiger partial charge in [-0.2, -0.15) is 0 Å². The molecule has 0 bridgehead atoms. The van der Waals surface area contributed by atoms with Crippen LogP contribution in [-0.4, -0.2) is 35.4 Å². The number of hydrogen-bond donors (Lipinski definition) is 2. The molecule has 1 amide bonds. The first-order valence-electron chi connectivity index (χ1n) is 8.18. The normalized spacial score (nSPS) is 16.2. The lowest BCUT2D eigenvalue weighted by molar-refractivity contribution is -0.149. The first-order chi connectivity index (χ1) is 11.5. The first kappa shape index (κ1) is 18.0. The molecule has 1 saturated carbocycles. The minimum atomic E-state index is -1.17. The van der Waals surface area contributed by atoms with Crippen LogP contribution in [0.25, 0.3) is 0 Å². The molecule has 1 fully saturated rings. The molecule has 0 aliphatic heterocycles. The summed E-state index contributed by atoms with van der Waals surface area (Å²) < 4.78 is 5.03. The highest BCUT2D eigenvalue weighted by Crippen LogP contribution is 2.28. The third-order valence-electron chi connectivity index (χ3n) is 4.49. The lowest BCUT2D eigenvalue weighted by Gasteiger charge is -2.34. The summed E-state index contributed by atoms with van der Waals surface area (Å²) in [5.41, 5.74) is -0.660. The standard InChI is InChI=1S/C18H23NO5/c1-24-14-7-5-13(6-8-14)15(20)9-10-16(21)19-18(17(22)23)11-3-2-4-12-18/h5-8H,2-4,9-12H2,1H3,(H,19,21)(H,22,23). The SMILES string of the molecule is COc1ccc(C(=O)CCC(=O)NC2(C(=O)O)CCCCC2)cc1. The fourth-order valence-electron chi connectivity index (χ4n) is 3.03. The fourth-order valence-corrected chi connectivity index (χ4v) is 3.03. The molecule has 0 saturated heterocycles. The van der Waals surface area contributed by atoms with E-state index in [4.69, 9.17) is 4.74 Å². The minimum Gasteiger partial charge on any atom is -0.497 e. The molecule has 2 rings (SSSR count). The molecule has 0 aromatic heterocycles. The van der Waals surface area contributed by atoms with Gasteiger partial charge in [0.2, 0.25) is 5.91 Å². The van der Waals surface area contributed by atoms with Crippen molar-refractivity contribution in [3.63, 3.8) is 0 Å². The maximum absolute atomic E-state index is 12.1. The van der Waals surface area contributed by atoms with Crippen molar-refractivity contribution in [2.45, 2.75) is 50.5 Å². The fraction of sp³-hybridized carbons (Fsp3) is 0.500. The van der Waals surface area contributed by atoms with Crippen LogP contribution in [0.5, 0.6) is 5.75 Å². The molecule has 0 atom stereocenters. The summed E-state index contributed by atoms with van der Waals surface area (Å²) in [6, 6.07) is 6.68. The van der Waals surface area contributed by atoms with E-state index in [1.54, 1.807) is 31.4 Å². The Bertz CT molecular complexity index is 602. The van der Waals surface area contributed by atoms with Gasteiger partial charge in [0.25, 0.3) is 0 Å². The number of hydrogen-bond acceptors (Lipinski definition) is 4. The average molecular weight is 333 g/mol. The van der Waals surface area contributed by atoms with Crippen LogP contribution in [0.15, 0.2) is 24.3 Å². The number of ether oxygens (including phenoxy) is 1. The highest BCUT2D eigenvalue weighted by molar-refractivity contribution is 5.98. The number of carboxylic acid groups (broad SMARTS) is 1. The molecule has 130 valence electrons. The predicted octanol–water partition coefficient (Wildman–Crippen LogP) is 2.56. The summed E-state index contributed by atoms with van der Waals surface area (Å²) in [5, 5.41) is 12.1. The third kappa shape index (κ3) is 4.34. The van der Waals surface area contributed by atoms with Crippen LogP contribution < -0.4 is 10.1 Å². The number of ketones is 1. The van der Waals surface area contributed by atoms with Crippen molar-refractivity contribution in [3.8, 4) is 5.75 Å². The van der Waals surface area contributed by atoms with Crippen LogP contribution in [0.1, 0.15) is 55.3 Å². The van der Waals surface area contributed by atoms with E-state index >= 15 is 0 Å². The molecular formula is C18H23NO5. The molecular weight excluding hydrogens is 310 g/mol. The zero-order chi connectivity index (χ0) is 17.6. The number of carbonyl (C=O) groups is 3. The van der Waals surface area contributed by atoms with E-state index < -0.39 is 11.5 Å². The van der Waals surface area contributed by atoms with Crippen molar-refractivity contribution in [1.82, 2.24) is 5.32 Å². The van der Waals surface area contributed by atoms with E-state index in [2.05, 4.69) is 5.32 Å². The van der Waals surface area contributed by atoms with Crippen molar-refractivity contribution in [1.29, 1.82) is 0 Å². The van der Waals surface area contributed by atoms with E-state index in [0.717, 1.165) is 19.3 Å². The summed E-state index contributed by atoms with van der Waals surface area (Å²) in [5.74, 6) is -0.871. The molecule has 1 aliphatic carbocycles. The molecule has 6 nitrogen and oxygen atoms in total. The van der Waals surface area contributed by atoms with Gasteiger partial charge in [-0.05, 0) is 37.1 Å². The zero-order valence-electron chi connectivity index (χ0n) is 13.8. The van der Waals surface area contributed by atoms with Crippen molar-refractivity contribution < 1.29 is 24.2 Å². The highest BCUT2D eigenvalue weighted by atomic mass is 16.5. The van der Waals surface area contributed by atoms with Gasteiger partial charge in [0.05, 0.1) is 7.11 Å². The summed E-state index contributed by atoms with van der Waals surface area (Å²) >= 11 is 0. The van der Waals surface area contributed by atoms with E-state index in [1.807, 2.05) is 0 Å². The molecule has 1 aliphatic rings. The van der Waals surface area contributed by atoms with Gasteiger partial charge in [0.15, 0.2) is 5.78 Å². The number of methoxy groups -OCH3 is 1. The molecule has 1 aromatic rings. The highest BCUT2D eigenvalue weighted by Gasteiger charge is 2.40. The Hall–Kier alpha value is -2.37. The van der Waals surface area contributed by atoms with Gasteiger partial charge in [-0.1, -0.05) is 19.3 Å². The van der Waals surface area contributed by atoms with Crippen LogP contribution in [0, 0.1) is 0 Å². The second-order valence-corrected chi connectivity index (χ2v) is 6.15. The Kier molecular flexibility index (Phi) is 5.95. The van der Waals surface area contributed by atoms with E-state index in [9.17, 15) is 19.5 Å². The summed E-state index contributed by atoms with van der Waals surface area (Å²) in [6.07, 6.45) is 3.49. The minimum absolute atomic E-state index is 0.0140. The number of aliphatic carboxylic acids is 1. The summed E-state index contributed by atoms with van der Waals surface area (Å²) in [6.45, 7) is 0. The average Bonchev–Trinajstić information content (AvgIpc) is 2.60. The number of amides is 1. The summed E-state index contributed by atoms with van der Waals surface area (Å²) in [7, 11) is 1.55. The molecule has 6 heteroatoms. The van der Waals surface area contributed by atoms with E-state index in [-0.39, 0.29) is 24.5 Å². The zero-order valence-corrected chi connectivity index (χ0v) is 13.8. The van der Waals surface area contributed by atoms with Gasteiger partial charge in [-0.25, -0.2) is 4.79 Å². The topological polar surface area (TPSA) is 92.7 Å². The number of rotatable bonds is 7. The first-order valence-corrected chi connectivity index (χ1v) is 8.18. The van der Waals surface area contributed by atoms with Gasteiger partial charge in [-0.15, -0.1) is 0 Å². The van der Waals surface area contributed by atoms with Gasteiger partial charge in [-0.3, -0.25) is 9.59 Å². The third-order valence-corrected chi connectivity index (χ3v) is 4.49. The predicted molar refractivity (Wildman–Crippen MR) is 88.2 cm³/mol. The molecule has 24 heavy (non-hydrogen) atoms. The van der Waals surface area contributed by atoms with Crippen LogP contribution in [0.2, 0.25) is 0 Å². The van der Waals surface area contributed by atoms with Crippen LogP contribution in [0.3, 0.4) is 0 Å². The maximum Gasteiger partial charge on any atom is 0.329 e. The van der Waals surface area contributed by atoms with Gasteiger partial charge >= 0.3 is 5.97 Å². The summed E-state index contributed by atoms with van der Waals surface area (Å²) in [4.78, 5) is 35.8. The second kappa shape index (κ2) is 7.95. The number of benzene rings is 1. The van der Waals surface area contributed by atoms with E-state index in [0.29, 0.717) is 24.2 Å². The Morgan fingerprint density at radius 2 is 1.71 bits per heavy atom. The van der Waals surface area contributed by atoms with Gasteiger partial charge in [0, 0.05) is 18.4 Å². The lowest BCUT2D eigenvalue weighted by Crippen LogP contribution is -2.55. The van der Waals surface area contributed by atoms with Crippen molar-refractivity contribution in [2.24, 2.45) is 0 Å². The Morgan fingerprint density at radius 1 is 1.08 bits per heavy atom. The quantitative estimate of drug-likeness (QED) is 0.748. The van der Waals surface area contributed by atoms with Crippen LogP contribution in [-0.2, 0) is 9.59 Å². The van der Waals surface area contributed by atoms with Crippen molar-refractivity contribution in [2.75, 3.05) is 7.11 Å². The molecule has 0 spiro atoms. The number of carbonyl (C=O) groups excluding carboxylic acids is 2. The number of carboxylic acids is 1. The maximum atomic E-state index is 12.1. The van der Waals surface area contributed by atoms with Gasteiger partial charge in [0.1, 0.15) is 11.3 Å².